The number of amides is 1. The number of fused-ring (bicyclic) bond motifs is 1. The van der Waals surface area contributed by atoms with Crippen molar-refractivity contribution in [3.63, 3.8) is 0 Å². The van der Waals surface area contributed by atoms with Crippen LogP contribution in [0.2, 0.25) is 0 Å². The molecule has 180 valence electrons. The number of piperidine rings is 1. The molecule has 0 saturated carbocycles. The van der Waals surface area contributed by atoms with Crippen LogP contribution in [-0.4, -0.2) is 50.5 Å². The number of carbonyl (C=O) groups excluding carboxylic acids is 1. The predicted octanol–water partition coefficient (Wildman–Crippen LogP) is 5.29. The summed E-state index contributed by atoms with van der Waals surface area (Å²) >= 11 is 1.26. The Morgan fingerprint density at radius 1 is 1.21 bits per heavy atom. The third kappa shape index (κ3) is 5.79. The van der Waals surface area contributed by atoms with Crippen molar-refractivity contribution in [2.75, 3.05) is 17.8 Å². The topological polar surface area (TPSA) is 78.4 Å². The average molecular weight is 491 g/mol. The van der Waals surface area contributed by atoms with Gasteiger partial charge in [-0.2, -0.15) is 0 Å². The summed E-state index contributed by atoms with van der Waals surface area (Å²) in [5.74, 6) is -4.00. The van der Waals surface area contributed by atoms with Crippen molar-refractivity contribution in [3.8, 4) is 0 Å². The van der Waals surface area contributed by atoms with Crippen LogP contribution >= 0.6 is 11.9 Å². The molecule has 0 bridgehead atoms. The fourth-order valence-electron chi connectivity index (χ4n) is 3.91. The number of aliphatic hydroxyl groups is 1. The molecule has 1 fully saturated rings. The van der Waals surface area contributed by atoms with Gasteiger partial charge in [0.25, 0.3) is 5.91 Å². The number of nitrogens with one attached hydrogen (secondary N) is 1. The van der Waals surface area contributed by atoms with Gasteiger partial charge in [-0.25, -0.2) is 13.2 Å². The summed E-state index contributed by atoms with van der Waals surface area (Å²) in [5, 5.41) is 10.6. The molecule has 3 aromatic rings. The number of hydrogen-bond acceptors (Lipinski definition) is 6. The molecule has 1 aromatic heterocycles. The third-order valence-corrected chi connectivity index (χ3v) is 6.84. The van der Waals surface area contributed by atoms with Crippen LogP contribution in [0.5, 0.6) is 0 Å². The monoisotopic (exact) mass is 490 g/mol. The zero-order valence-corrected chi connectivity index (χ0v) is 19.4. The number of halogens is 3. The molecule has 6 nitrogen and oxygen atoms in total. The number of rotatable bonds is 7. The first-order valence-corrected chi connectivity index (χ1v) is 11.8. The van der Waals surface area contributed by atoms with Crippen LogP contribution in [0.25, 0.3) is 11.0 Å². The molecule has 0 aliphatic carbocycles. The molecule has 1 amide bonds. The Morgan fingerprint density at radius 2 is 1.94 bits per heavy atom. The SMILES string of the molecule is CC(F)(F)CCC1(O)CCN(C(=O)c2ccc(NSc3cccc4nccnc34)cc2F)CC1. The lowest BCUT2D eigenvalue weighted by molar-refractivity contribution is -0.0571. The molecule has 0 unspecified atom stereocenters. The van der Waals surface area contributed by atoms with Gasteiger partial charge in [0.2, 0.25) is 5.92 Å². The standard InChI is InChI=1S/C24H25F3N4O2S/c1-23(26,27)7-8-24(33)9-13-31(14-10-24)22(32)17-6-5-16(15-18(17)25)30-34-20-4-2-3-19-21(20)29-12-11-28-19/h2-6,11-12,15,30,33H,7-10,13-14H2,1H3. The Balaban J connectivity index is 1.37. The molecule has 34 heavy (non-hydrogen) atoms. The number of nitrogens with zero attached hydrogens (tertiary/aromatic N) is 3. The number of aromatic nitrogens is 2. The van der Waals surface area contributed by atoms with E-state index in [1.165, 1.54) is 29.0 Å². The van der Waals surface area contributed by atoms with Crippen LogP contribution in [0.1, 0.15) is 43.0 Å². The van der Waals surface area contributed by atoms with Gasteiger partial charge in [-0.05, 0) is 68.5 Å². The largest absolute Gasteiger partial charge is 0.390 e. The smallest absolute Gasteiger partial charge is 0.256 e. The van der Waals surface area contributed by atoms with Crippen LogP contribution in [0.4, 0.5) is 18.9 Å². The molecule has 2 aromatic carbocycles. The number of benzene rings is 2. The van der Waals surface area contributed by atoms with Gasteiger partial charge in [0.15, 0.2) is 0 Å². The van der Waals surface area contributed by atoms with Gasteiger partial charge in [-0.3, -0.25) is 14.8 Å². The maximum absolute atomic E-state index is 14.8. The lowest BCUT2D eigenvalue weighted by atomic mass is 9.86. The lowest BCUT2D eigenvalue weighted by Crippen LogP contribution is -2.47. The van der Waals surface area contributed by atoms with Gasteiger partial charge in [-0.1, -0.05) is 6.07 Å². The molecule has 1 saturated heterocycles. The molecule has 1 aliphatic rings. The highest BCUT2D eigenvalue weighted by molar-refractivity contribution is 8.00. The second kappa shape index (κ2) is 9.79. The highest BCUT2D eigenvalue weighted by atomic mass is 32.2. The first-order chi connectivity index (χ1) is 16.1. The van der Waals surface area contributed by atoms with E-state index in [1.54, 1.807) is 18.5 Å². The predicted molar refractivity (Wildman–Crippen MR) is 125 cm³/mol. The van der Waals surface area contributed by atoms with E-state index in [2.05, 4.69) is 14.7 Å². The van der Waals surface area contributed by atoms with Crippen molar-refractivity contribution in [1.82, 2.24) is 14.9 Å². The summed E-state index contributed by atoms with van der Waals surface area (Å²) < 4.78 is 44.1. The maximum atomic E-state index is 14.8. The van der Waals surface area contributed by atoms with Crippen LogP contribution in [0.15, 0.2) is 53.7 Å². The fourth-order valence-corrected chi connectivity index (χ4v) is 4.67. The number of anilines is 1. The number of carbonyl (C=O) groups is 1. The molecule has 0 atom stereocenters. The van der Waals surface area contributed by atoms with Gasteiger partial charge in [0.05, 0.1) is 21.6 Å². The Bertz CT molecular complexity index is 1180. The van der Waals surface area contributed by atoms with Crippen molar-refractivity contribution < 1.29 is 23.1 Å². The minimum absolute atomic E-state index is 0.0345. The zero-order valence-electron chi connectivity index (χ0n) is 18.6. The Kier molecular flexibility index (Phi) is 6.99. The van der Waals surface area contributed by atoms with E-state index in [9.17, 15) is 23.1 Å². The van der Waals surface area contributed by atoms with E-state index in [4.69, 9.17) is 0 Å². The van der Waals surface area contributed by atoms with Crippen LogP contribution < -0.4 is 4.72 Å². The average Bonchev–Trinajstić information content (AvgIpc) is 2.81. The van der Waals surface area contributed by atoms with E-state index in [-0.39, 0.29) is 37.9 Å². The number of hydrogen-bond donors (Lipinski definition) is 2. The lowest BCUT2D eigenvalue weighted by Gasteiger charge is -2.38. The minimum atomic E-state index is -2.85. The van der Waals surface area contributed by atoms with Crippen molar-refractivity contribution in [2.45, 2.75) is 49.0 Å². The molecule has 2 heterocycles. The van der Waals surface area contributed by atoms with Crippen LogP contribution in [-0.2, 0) is 0 Å². The fraction of sp³-hybridized carbons (Fsp3) is 0.375. The van der Waals surface area contributed by atoms with Crippen molar-refractivity contribution in [1.29, 1.82) is 0 Å². The van der Waals surface area contributed by atoms with E-state index in [1.807, 2.05) is 18.2 Å². The summed E-state index contributed by atoms with van der Waals surface area (Å²) in [7, 11) is 0. The summed E-state index contributed by atoms with van der Waals surface area (Å²) in [4.78, 5) is 23.7. The maximum Gasteiger partial charge on any atom is 0.256 e. The zero-order chi connectivity index (χ0) is 24.3. The highest BCUT2D eigenvalue weighted by Crippen LogP contribution is 2.32. The van der Waals surface area contributed by atoms with E-state index >= 15 is 0 Å². The Morgan fingerprint density at radius 3 is 2.65 bits per heavy atom. The van der Waals surface area contributed by atoms with Crippen molar-refractivity contribution >= 4 is 34.6 Å². The molecule has 10 heteroatoms. The van der Waals surface area contributed by atoms with Crippen LogP contribution in [0.3, 0.4) is 0 Å². The summed E-state index contributed by atoms with van der Waals surface area (Å²) in [6.07, 6.45) is 3.13. The van der Waals surface area contributed by atoms with Gasteiger partial charge < -0.3 is 14.7 Å². The Labute approximate surface area is 199 Å². The van der Waals surface area contributed by atoms with E-state index in [0.717, 1.165) is 22.9 Å². The summed E-state index contributed by atoms with van der Waals surface area (Å²) in [6.45, 7) is 1.19. The molecular formula is C24H25F3N4O2S. The quantitative estimate of drug-likeness (QED) is 0.438. The summed E-state index contributed by atoms with van der Waals surface area (Å²) in [5.41, 5.74) is 0.650. The number of alkyl halides is 2. The summed E-state index contributed by atoms with van der Waals surface area (Å²) in [6, 6.07) is 9.87. The number of para-hydroxylation sites is 1. The minimum Gasteiger partial charge on any atom is -0.390 e. The van der Waals surface area contributed by atoms with Gasteiger partial charge in [0, 0.05) is 37.6 Å². The molecule has 0 spiro atoms. The number of likely N-dealkylation sites (tertiary alicyclic amines) is 1. The van der Waals surface area contributed by atoms with Gasteiger partial charge in [-0.15, -0.1) is 0 Å². The van der Waals surface area contributed by atoms with E-state index < -0.39 is 29.7 Å². The normalized spacial score (nSPS) is 16.0. The Hall–Kier alpha value is -2.85. The molecule has 1 aliphatic heterocycles. The first kappa shape index (κ1) is 24.3. The van der Waals surface area contributed by atoms with Gasteiger partial charge >= 0.3 is 0 Å². The van der Waals surface area contributed by atoms with Crippen LogP contribution in [0, 0.1) is 5.82 Å². The third-order valence-electron chi connectivity index (χ3n) is 5.95. The van der Waals surface area contributed by atoms with Crippen molar-refractivity contribution in [2.24, 2.45) is 0 Å². The molecule has 2 N–H and O–H groups in total. The van der Waals surface area contributed by atoms with E-state index in [0.29, 0.717) is 5.69 Å². The second-order valence-electron chi connectivity index (χ2n) is 8.67. The first-order valence-electron chi connectivity index (χ1n) is 11.0. The van der Waals surface area contributed by atoms with Gasteiger partial charge in [0.1, 0.15) is 11.3 Å². The molecule has 0 radical (unpaired) electrons. The molecular weight excluding hydrogens is 465 g/mol. The highest BCUT2D eigenvalue weighted by Gasteiger charge is 2.37. The second-order valence-corrected chi connectivity index (χ2v) is 9.51. The van der Waals surface area contributed by atoms with Crippen molar-refractivity contribution in [3.05, 3.63) is 60.2 Å². The molecule has 4 rings (SSSR count).